The third-order valence-corrected chi connectivity index (χ3v) is 10.7. The molecule has 0 aromatic heterocycles. The molecular formula is C45H91ClN4O3. The van der Waals surface area contributed by atoms with Gasteiger partial charge < -0.3 is 26.0 Å². The number of carbonyl (C=O) groups excluding carboxylic acids is 2. The van der Waals surface area contributed by atoms with Gasteiger partial charge in [0.1, 0.15) is 0 Å². The van der Waals surface area contributed by atoms with Gasteiger partial charge in [-0.25, -0.2) is 0 Å². The van der Waals surface area contributed by atoms with Gasteiger partial charge in [0.2, 0.25) is 11.8 Å². The van der Waals surface area contributed by atoms with Crippen molar-refractivity contribution in [3.63, 3.8) is 0 Å². The van der Waals surface area contributed by atoms with Crippen molar-refractivity contribution in [1.82, 2.24) is 21.3 Å². The zero-order valence-corrected chi connectivity index (χ0v) is 36.2. The minimum atomic E-state index is 0.185. The summed E-state index contributed by atoms with van der Waals surface area (Å²) in [4.78, 5) is 24.1. The largest absolute Gasteiger partial charge is 0.372 e. The molecule has 1 unspecified atom stereocenters. The monoisotopic (exact) mass is 771 g/mol. The molecule has 53 heavy (non-hydrogen) atoms. The smallest absolute Gasteiger partial charge is 0.220 e. The summed E-state index contributed by atoms with van der Waals surface area (Å²) < 4.78 is 4.73. The Morgan fingerprint density at radius 3 is 0.906 bits per heavy atom. The minimum Gasteiger partial charge on any atom is -0.372 e. The van der Waals surface area contributed by atoms with Crippen molar-refractivity contribution in [2.45, 2.75) is 225 Å². The molecule has 0 aliphatic carbocycles. The van der Waals surface area contributed by atoms with E-state index in [1.807, 2.05) is 0 Å². The fraction of sp³-hybridized carbons (Fsp3) is 0.956. The summed E-state index contributed by atoms with van der Waals surface area (Å²) in [6.07, 6.45) is 42.2. The summed E-state index contributed by atoms with van der Waals surface area (Å²) >= 11 is 5.27. The Morgan fingerprint density at radius 2 is 0.679 bits per heavy atom. The number of rotatable bonds is 42. The Hall–Kier alpha value is -0.890. The van der Waals surface area contributed by atoms with E-state index in [9.17, 15) is 9.59 Å². The highest BCUT2D eigenvalue weighted by Crippen LogP contribution is 2.15. The van der Waals surface area contributed by atoms with Crippen LogP contribution in [0.25, 0.3) is 0 Å². The van der Waals surface area contributed by atoms with Gasteiger partial charge in [-0.05, 0) is 12.8 Å². The lowest BCUT2D eigenvalue weighted by atomic mass is 10.0. The van der Waals surface area contributed by atoms with E-state index >= 15 is 0 Å². The van der Waals surface area contributed by atoms with Gasteiger partial charge in [-0.3, -0.25) is 9.59 Å². The summed E-state index contributed by atoms with van der Waals surface area (Å²) in [7, 11) is 0. The Balaban J connectivity index is 0.00000494. The lowest BCUT2D eigenvalue weighted by molar-refractivity contribution is -0.122. The summed E-state index contributed by atoms with van der Waals surface area (Å²) in [5, 5.41) is 12.8. The highest BCUT2D eigenvalue weighted by molar-refractivity contribution is 6.18. The average Bonchev–Trinajstić information content (AvgIpc) is 4.01. The normalized spacial score (nSPS) is 13.5. The second-order valence-corrected chi connectivity index (χ2v) is 16.0. The number of nitrogens with one attached hydrogen (secondary N) is 4. The molecule has 4 N–H and O–H groups in total. The maximum atomic E-state index is 12.1. The third-order valence-electron chi connectivity index (χ3n) is 10.3. The van der Waals surface area contributed by atoms with Crippen LogP contribution >= 0.6 is 11.6 Å². The summed E-state index contributed by atoms with van der Waals surface area (Å²) in [6, 6.07) is 0. The van der Waals surface area contributed by atoms with Crippen molar-refractivity contribution < 1.29 is 14.3 Å². The zero-order valence-electron chi connectivity index (χ0n) is 35.5. The molecule has 0 bridgehead atoms. The maximum absolute atomic E-state index is 12.1. The maximum Gasteiger partial charge on any atom is 0.220 e. The lowest BCUT2D eigenvalue weighted by Crippen LogP contribution is -2.37. The molecule has 0 radical (unpaired) electrons. The molecule has 0 saturated carbocycles. The van der Waals surface area contributed by atoms with E-state index < -0.39 is 0 Å². The highest BCUT2D eigenvalue weighted by Gasteiger charge is 2.19. The van der Waals surface area contributed by atoms with Crippen LogP contribution in [0.5, 0.6) is 0 Å². The number of ether oxygens (including phenoxy) is 1. The molecule has 316 valence electrons. The minimum absolute atomic E-state index is 0.185. The van der Waals surface area contributed by atoms with Gasteiger partial charge in [0.05, 0.1) is 18.6 Å². The van der Waals surface area contributed by atoms with E-state index in [1.165, 1.54) is 180 Å². The lowest BCUT2D eigenvalue weighted by Gasteiger charge is -2.09. The molecular weight excluding hydrogens is 680 g/mol. The molecule has 0 aromatic carbocycles. The van der Waals surface area contributed by atoms with E-state index in [2.05, 4.69) is 35.1 Å². The topological polar surface area (TPSA) is 94.8 Å². The SMILES string of the molecule is CCCCCCCCCCCCCCCCCC(=O)NCCNCCNCCNC(=O)CCCCCCCCCCCCCCCCC.ClCC1CO1. The van der Waals surface area contributed by atoms with Crippen LogP contribution in [0.2, 0.25) is 0 Å². The summed E-state index contributed by atoms with van der Waals surface area (Å²) in [5.74, 6) is 1.04. The van der Waals surface area contributed by atoms with Gasteiger partial charge in [0.25, 0.3) is 0 Å². The van der Waals surface area contributed by atoms with E-state index in [-0.39, 0.29) is 11.8 Å². The average molecular weight is 772 g/mol. The molecule has 7 nitrogen and oxygen atoms in total. The molecule has 1 rings (SSSR count). The zero-order chi connectivity index (χ0) is 38.6. The summed E-state index contributed by atoms with van der Waals surface area (Å²) in [6.45, 7) is 10.1. The predicted molar refractivity (Wildman–Crippen MR) is 231 cm³/mol. The number of unbranched alkanes of at least 4 members (excludes halogenated alkanes) is 28. The van der Waals surface area contributed by atoms with Crippen LogP contribution in [0.4, 0.5) is 0 Å². The molecule has 1 fully saturated rings. The van der Waals surface area contributed by atoms with Crippen molar-refractivity contribution >= 4 is 23.4 Å². The standard InChI is InChI=1S/C42H86N4O2.C3H5ClO/c1-3-5-7-9-11-13-15-17-19-21-23-25-27-29-31-33-41(47)45-39-37-43-35-36-44-38-40-46-42(48)34-32-30-28-26-24-22-20-18-16-14-12-10-8-6-4-2;4-1-3-2-5-3/h43-44H,3-40H2,1-2H3,(H,45,47)(H,46,48);3H,1-2H2. The number of halogens is 1. The Bertz CT molecular complexity index is 687. The van der Waals surface area contributed by atoms with Gasteiger partial charge >= 0.3 is 0 Å². The van der Waals surface area contributed by atoms with Crippen LogP contribution in [-0.4, -0.2) is 69.7 Å². The van der Waals surface area contributed by atoms with Gasteiger partial charge in [0, 0.05) is 52.1 Å². The van der Waals surface area contributed by atoms with Crippen molar-refractivity contribution in [3.05, 3.63) is 0 Å². The molecule has 8 heteroatoms. The van der Waals surface area contributed by atoms with E-state index in [1.54, 1.807) is 0 Å². The summed E-state index contributed by atoms with van der Waals surface area (Å²) in [5.41, 5.74) is 0. The van der Waals surface area contributed by atoms with E-state index in [0.29, 0.717) is 37.9 Å². The van der Waals surface area contributed by atoms with Gasteiger partial charge in [0.15, 0.2) is 0 Å². The fourth-order valence-corrected chi connectivity index (χ4v) is 6.83. The van der Waals surface area contributed by atoms with Gasteiger partial charge in [-0.2, -0.15) is 0 Å². The Morgan fingerprint density at radius 1 is 0.434 bits per heavy atom. The van der Waals surface area contributed by atoms with Crippen LogP contribution < -0.4 is 21.3 Å². The molecule has 1 heterocycles. The van der Waals surface area contributed by atoms with Crippen LogP contribution in [-0.2, 0) is 14.3 Å². The number of alkyl halides is 1. The van der Waals surface area contributed by atoms with Crippen molar-refractivity contribution in [3.8, 4) is 0 Å². The molecule has 0 spiro atoms. The first kappa shape index (κ1) is 52.1. The highest BCUT2D eigenvalue weighted by atomic mass is 35.5. The van der Waals surface area contributed by atoms with E-state index in [4.69, 9.17) is 16.3 Å². The fourth-order valence-electron chi connectivity index (χ4n) is 6.66. The molecule has 0 aromatic rings. The van der Waals surface area contributed by atoms with Gasteiger partial charge in [-0.1, -0.05) is 194 Å². The number of hydrogen-bond acceptors (Lipinski definition) is 5. The van der Waals surface area contributed by atoms with Crippen LogP contribution in [0.15, 0.2) is 0 Å². The quantitative estimate of drug-likeness (QED) is 0.0282. The molecule has 1 atom stereocenters. The number of hydrogen-bond donors (Lipinski definition) is 4. The van der Waals surface area contributed by atoms with Crippen LogP contribution in [0.1, 0.15) is 219 Å². The van der Waals surface area contributed by atoms with Crippen molar-refractivity contribution in [2.75, 3.05) is 51.8 Å². The third kappa shape index (κ3) is 47.2. The number of amides is 2. The van der Waals surface area contributed by atoms with E-state index in [0.717, 1.165) is 45.6 Å². The van der Waals surface area contributed by atoms with Crippen LogP contribution in [0.3, 0.4) is 0 Å². The van der Waals surface area contributed by atoms with Crippen LogP contribution in [0, 0.1) is 0 Å². The first-order valence-corrected chi connectivity index (χ1v) is 23.8. The Kier molecular flexibility index (Phi) is 44.7. The second kappa shape index (κ2) is 45.5. The van der Waals surface area contributed by atoms with Crippen molar-refractivity contribution in [1.29, 1.82) is 0 Å². The number of carbonyl (C=O) groups is 2. The first-order chi connectivity index (χ1) is 26.1. The number of epoxide rings is 1. The predicted octanol–water partition coefficient (Wildman–Crippen LogP) is 11.5. The molecule has 2 amide bonds. The van der Waals surface area contributed by atoms with Crippen molar-refractivity contribution in [2.24, 2.45) is 0 Å². The second-order valence-electron chi connectivity index (χ2n) is 15.7. The Labute approximate surface area is 335 Å². The van der Waals surface area contributed by atoms with Gasteiger partial charge in [-0.15, -0.1) is 11.6 Å². The first-order valence-electron chi connectivity index (χ1n) is 23.3. The molecule has 1 aliphatic heterocycles. The molecule has 1 saturated heterocycles. The molecule has 1 aliphatic rings.